The molecule has 0 aromatic carbocycles. The molecule has 1 aromatic heterocycles. The summed E-state index contributed by atoms with van der Waals surface area (Å²) in [7, 11) is 1.78. The summed E-state index contributed by atoms with van der Waals surface area (Å²) < 4.78 is 5.24. The number of likely N-dealkylation sites (tertiary alicyclic amines) is 1. The first-order valence-electron chi connectivity index (χ1n) is 5.59. The third kappa shape index (κ3) is 2.98. The van der Waals surface area contributed by atoms with E-state index in [0.29, 0.717) is 6.54 Å². The van der Waals surface area contributed by atoms with E-state index in [1.807, 2.05) is 17.9 Å². The molecule has 1 fully saturated rings. The van der Waals surface area contributed by atoms with Crippen LogP contribution < -0.4 is 5.32 Å². The second-order valence-electron chi connectivity index (χ2n) is 4.15. The van der Waals surface area contributed by atoms with Gasteiger partial charge in [-0.05, 0) is 26.8 Å². The van der Waals surface area contributed by atoms with Crippen LogP contribution in [-0.2, 0) is 4.79 Å². The summed E-state index contributed by atoms with van der Waals surface area (Å²) in [5.74, 6) is 0.929. The number of hydrogen-bond acceptors (Lipinski definition) is 4. The Labute approximate surface area is 107 Å². The van der Waals surface area contributed by atoms with E-state index in [4.69, 9.17) is 4.52 Å². The van der Waals surface area contributed by atoms with Gasteiger partial charge in [-0.3, -0.25) is 4.79 Å². The fraction of sp³-hybridized carbons (Fsp3) is 0.636. The number of aromatic nitrogens is 1. The van der Waals surface area contributed by atoms with E-state index in [-0.39, 0.29) is 24.4 Å². The molecule has 2 rings (SSSR count). The smallest absolute Gasteiger partial charge is 0.237 e. The van der Waals surface area contributed by atoms with Crippen LogP contribution in [0.2, 0.25) is 0 Å². The zero-order valence-corrected chi connectivity index (χ0v) is 10.9. The van der Waals surface area contributed by atoms with Gasteiger partial charge in [0.2, 0.25) is 5.91 Å². The van der Waals surface area contributed by atoms with Crippen molar-refractivity contribution in [2.24, 2.45) is 0 Å². The Bertz CT molecular complexity index is 381. The van der Waals surface area contributed by atoms with E-state index in [1.54, 1.807) is 7.05 Å². The molecule has 96 valence electrons. The molecule has 1 aliphatic heterocycles. The minimum Gasteiger partial charge on any atom is -0.359 e. The monoisotopic (exact) mass is 259 g/mol. The first-order chi connectivity index (χ1) is 7.72. The van der Waals surface area contributed by atoms with Crippen LogP contribution in [0.15, 0.2) is 10.6 Å². The standard InChI is InChI=1S/C11H17N3O2.ClH/c1-8-6-10(16-13-8)9-4-3-5-14(9)11(15)7-12-2;/h6,9,12H,3-5,7H2,1-2H3;1H. The van der Waals surface area contributed by atoms with Crippen LogP contribution >= 0.6 is 12.4 Å². The Morgan fingerprint density at radius 3 is 3.06 bits per heavy atom. The summed E-state index contributed by atoms with van der Waals surface area (Å²) in [6.07, 6.45) is 1.99. The molecule has 1 N–H and O–H groups in total. The Hall–Kier alpha value is -1.07. The number of hydrogen-bond donors (Lipinski definition) is 1. The summed E-state index contributed by atoms with van der Waals surface area (Å²) in [4.78, 5) is 13.7. The van der Waals surface area contributed by atoms with Crippen molar-refractivity contribution in [1.29, 1.82) is 0 Å². The second-order valence-corrected chi connectivity index (χ2v) is 4.15. The van der Waals surface area contributed by atoms with Crippen molar-refractivity contribution in [2.45, 2.75) is 25.8 Å². The molecule has 17 heavy (non-hydrogen) atoms. The zero-order chi connectivity index (χ0) is 11.5. The minimum absolute atomic E-state index is 0. The molecule has 0 bridgehead atoms. The van der Waals surface area contributed by atoms with Gasteiger partial charge in [-0.2, -0.15) is 0 Å². The van der Waals surface area contributed by atoms with Gasteiger partial charge in [-0.1, -0.05) is 5.16 Å². The summed E-state index contributed by atoms with van der Waals surface area (Å²) in [6, 6.07) is 1.98. The molecule has 5 nitrogen and oxygen atoms in total. The maximum atomic E-state index is 11.8. The predicted molar refractivity (Wildman–Crippen MR) is 66.1 cm³/mol. The van der Waals surface area contributed by atoms with Crippen LogP contribution in [0, 0.1) is 6.92 Å². The first-order valence-corrected chi connectivity index (χ1v) is 5.59. The van der Waals surface area contributed by atoms with Crippen LogP contribution in [0.3, 0.4) is 0 Å². The molecule has 0 radical (unpaired) electrons. The molecule has 1 aromatic rings. The number of halogens is 1. The second kappa shape index (κ2) is 6.02. The highest BCUT2D eigenvalue weighted by atomic mass is 35.5. The highest BCUT2D eigenvalue weighted by molar-refractivity contribution is 5.85. The van der Waals surface area contributed by atoms with Crippen LogP contribution in [0.4, 0.5) is 0 Å². The van der Waals surface area contributed by atoms with Crippen molar-refractivity contribution in [3.8, 4) is 0 Å². The molecule has 0 saturated carbocycles. The molecule has 1 atom stereocenters. The lowest BCUT2D eigenvalue weighted by Crippen LogP contribution is -2.36. The van der Waals surface area contributed by atoms with E-state index in [1.165, 1.54) is 0 Å². The van der Waals surface area contributed by atoms with Gasteiger partial charge in [0.25, 0.3) is 0 Å². The number of likely N-dealkylation sites (N-methyl/N-ethyl adjacent to an activating group) is 1. The van der Waals surface area contributed by atoms with Gasteiger partial charge in [0, 0.05) is 12.6 Å². The Kier molecular flexibility index (Phi) is 4.96. The molecule has 1 saturated heterocycles. The quantitative estimate of drug-likeness (QED) is 0.889. The summed E-state index contributed by atoms with van der Waals surface area (Å²) in [5, 5.41) is 6.76. The average Bonchev–Trinajstić information content (AvgIpc) is 2.85. The van der Waals surface area contributed by atoms with Crippen molar-refractivity contribution in [1.82, 2.24) is 15.4 Å². The fourth-order valence-corrected chi connectivity index (χ4v) is 2.15. The lowest BCUT2D eigenvalue weighted by molar-refractivity contribution is -0.131. The van der Waals surface area contributed by atoms with Crippen molar-refractivity contribution >= 4 is 18.3 Å². The number of carbonyl (C=O) groups is 1. The van der Waals surface area contributed by atoms with Gasteiger partial charge in [0.15, 0.2) is 5.76 Å². The van der Waals surface area contributed by atoms with E-state index in [0.717, 1.165) is 30.8 Å². The SMILES string of the molecule is CNCC(=O)N1CCCC1c1cc(C)no1.Cl. The normalized spacial score (nSPS) is 19.2. The number of nitrogens with zero attached hydrogens (tertiary/aromatic N) is 2. The van der Waals surface area contributed by atoms with Crippen molar-refractivity contribution in [3.05, 3.63) is 17.5 Å². The van der Waals surface area contributed by atoms with Gasteiger partial charge in [-0.15, -0.1) is 12.4 Å². The van der Waals surface area contributed by atoms with Gasteiger partial charge < -0.3 is 14.7 Å². The number of amides is 1. The Morgan fingerprint density at radius 1 is 1.71 bits per heavy atom. The number of nitrogens with one attached hydrogen (secondary N) is 1. The highest BCUT2D eigenvalue weighted by Gasteiger charge is 2.31. The number of aryl methyl sites for hydroxylation is 1. The molecule has 1 aliphatic rings. The number of rotatable bonds is 3. The molecule has 0 aliphatic carbocycles. The maximum absolute atomic E-state index is 11.8. The molecule has 6 heteroatoms. The lowest BCUT2D eigenvalue weighted by Gasteiger charge is -2.22. The maximum Gasteiger partial charge on any atom is 0.237 e. The van der Waals surface area contributed by atoms with Crippen molar-refractivity contribution in [3.63, 3.8) is 0 Å². The molecule has 1 amide bonds. The molecular formula is C11H18ClN3O2. The van der Waals surface area contributed by atoms with Crippen LogP contribution in [-0.4, -0.2) is 36.1 Å². The molecule has 2 heterocycles. The third-order valence-electron chi connectivity index (χ3n) is 2.88. The van der Waals surface area contributed by atoms with Crippen molar-refractivity contribution < 1.29 is 9.32 Å². The summed E-state index contributed by atoms with van der Waals surface area (Å²) >= 11 is 0. The fourth-order valence-electron chi connectivity index (χ4n) is 2.15. The van der Waals surface area contributed by atoms with E-state index < -0.39 is 0 Å². The van der Waals surface area contributed by atoms with Gasteiger partial charge in [0.1, 0.15) is 0 Å². The number of carbonyl (C=O) groups excluding carboxylic acids is 1. The Morgan fingerprint density at radius 2 is 2.47 bits per heavy atom. The van der Waals surface area contributed by atoms with E-state index in [9.17, 15) is 4.79 Å². The predicted octanol–water partition coefficient (Wildman–Crippen LogP) is 1.29. The highest BCUT2D eigenvalue weighted by Crippen LogP contribution is 2.31. The molecule has 1 unspecified atom stereocenters. The lowest BCUT2D eigenvalue weighted by atomic mass is 10.1. The van der Waals surface area contributed by atoms with Crippen LogP contribution in [0.5, 0.6) is 0 Å². The topological polar surface area (TPSA) is 58.4 Å². The molecule has 0 spiro atoms. The summed E-state index contributed by atoms with van der Waals surface area (Å²) in [5.41, 5.74) is 0.864. The van der Waals surface area contributed by atoms with Gasteiger partial charge in [-0.25, -0.2) is 0 Å². The summed E-state index contributed by atoms with van der Waals surface area (Å²) in [6.45, 7) is 3.08. The zero-order valence-electron chi connectivity index (χ0n) is 10.1. The Balaban J connectivity index is 0.00000144. The van der Waals surface area contributed by atoms with Crippen LogP contribution in [0.1, 0.15) is 30.3 Å². The first kappa shape index (κ1) is 14.0. The van der Waals surface area contributed by atoms with E-state index >= 15 is 0 Å². The largest absolute Gasteiger partial charge is 0.359 e. The van der Waals surface area contributed by atoms with Crippen molar-refractivity contribution in [2.75, 3.05) is 20.1 Å². The van der Waals surface area contributed by atoms with Crippen LogP contribution in [0.25, 0.3) is 0 Å². The van der Waals surface area contributed by atoms with E-state index in [2.05, 4.69) is 10.5 Å². The third-order valence-corrected chi connectivity index (χ3v) is 2.88. The van der Waals surface area contributed by atoms with Gasteiger partial charge in [0.05, 0.1) is 18.3 Å². The molecular weight excluding hydrogens is 242 g/mol. The average molecular weight is 260 g/mol. The van der Waals surface area contributed by atoms with Gasteiger partial charge >= 0.3 is 0 Å². The minimum atomic E-state index is 0.